The molecule has 0 aliphatic rings. The fourth-order valence-corrected chi connectivity index (χ4v) is 1.78. The van der Waals surface area contributed by atoms with E-state index in [1.54, 1.807) is 7.11 Å². The highest BCUT2D eigenvalue weighted by Gasteiger charge is 2.04. The van der Waals surface area contributed by atoms with Crippen LogP contribution in [0.4, 0.5) is 5.69 Å². The lowest BCUT2D eigenvalue weighted by molar-refractivity contribution is 0.415. The fraction of sp³-hybridized carbons (Fsp3) is 0.176. The molecule has 2 nitrogen and oxygen atoms in total. The zero-order chi connectivity index (χ0) is 13.7. The van der Waals surface area contributed by atoms with Crippen molar-refractivity contribution in [3.8, 4) is 17.6 Å². The van der Waals surface area contributed by atoms with Crippen LogP contribution < -0.4 is 9.64 Å². The van der Waals surface area contributed by atoms with E-state index >= 15 is 0 Å². The van der Waals surface area contributed by atoms with Gasteiger partial charge in [-0.15, -0.1) is 0 Å². The van der Waals surface area contributed by atoms with Gasteiger partial charge in [-0.25, -0.2) is 0 Å². The summed E-state index contributed by atoms with van der Waals surface area (Å²) in [5.74, 6) is 7.23. The average molecular weight is 251 g/mol. The predicted molar refractivity (Wildman–Crippen MR) is 79.7 cm³/mol. The van der Waals surface area contributed by atoms with Crippen LogP contribution in [0.3, 0.4) is 0 Å². The number of rotatable bonds is 2. The van der Waals surface area contributed by atoms with Crippen molar-refractivity contribution in [1.82, 2.24) is 0 Å². The second kappa shape index (κ2) is 5.97. The van der Waals surface area contributed by atoms with Crippen LogP contribution in [0.15, 0.2) is 48.5 Å². The van der Waals surface area contributed by atoms with Gasteiger partial charge in [0.1, 0.15) is 5.75 Å². The number of ether oxygens (including phenoxy) is 1. The minimum Gasteiger partial charge on any atom is -0.497 e. The molecule has 0 N–H and O–H groups in total. The fourth-order valence-electron chi connectivity index (χ4n) is 1.78. The average Bonchev–Trinajstić information content (AvgIpc) is 2.46. The van der Waals surface area contributed by atoms with Crippen LogP contribution >= 0.6 is 0 Å². The highest BCUT2D eigenvalue weighted by molar-refractivity contribution is 5.63. The van der Waals surface area contributed by atoms with Crippen molar-refractivity contribution in [3.63, 3.8) is 0 Å². The Hall–Kier alpha value is -2.40. The van der Waals surface area contributed by atoms with Gasteiger partial charge in [0.25, 0.3) is 0 Å². The van der Waals surface area contributed by atoms with Gasteiger partial charge in [-0.2, -0.15) is 0 Å². The van der Waals surface area contributed by atoms with E-state index in [1.165, 1.54) is 0 Å². The van der Waals surface area contributed by atoms with E-state index in [9.17, 15) is 0 Å². The molecule has 0 aliphatic heterocycles. The SMILES string of the molecule is COc1ccc(C#Cc2ccccc2)c(N(C)C)c1. The van der Waals surface area contributed by atoms with Crippen molar-refractivity contribution in [1.29, 1.82) is 0 Å². The Morgan fingerprint density at radius 1 is 0.947 bits per heavy atom. The lowest BCUT2D eigenvalue weighted by Crippen LogP contribution is -2.10. The topological polar surface area (TPSA) is 12.5 Å². The minimum absolute atomic E-state index is 0.842. The Balaban J connectivity index is 2.38. The molecule has 0 aromatic heterocycles. The summed E-state index contributed by atoms with van der Waals surface area (Å²) in [5, 5.41) is 0. The lowest BCUT2D eigenvalue weighted by Gasteiger charge is -2.15. The highest BCUT2D eigenvalue weighted by Crippen LogP contribution is 2.24. The molecule has 0 unspecified atom stereocenters. The van der Waals surface area contributed by atoms with E-state index in [1.807, 2.05) is 67.5 Å². The van der Waals surface area contributed by atoms with Crippen molar-refractivity contribution in [2.24, 2.45) is 0 Å². The van der Waals surface area contributed by atoms with Crippen molar-refractivity contribution >= 4 is 5.69 Å². The van der Waals surface area contributed by atoms with Crippen molar-refractivity contribution < 1.29 is 4.74 Å². The molecule has 0 saturated carbocycles. The smallest absolute Gasteiger partial charge is 0.121 e. The Kier molecular flexibility index (Phi) is 4.10. The van der Waals surface area contributed by atoms with E-state index in [-0.39, 0.29) is 0 Å². The van der Waals surface area contributed by atoms with Gasteiger partial charge >= 0.3 is 0 Å². The van der Waals surface area contributed by atoms with Gasteiger partial charge in [0.15, 0.2) is 0 Å². The molecule has 2 heteroatoms. The predicted octanol–water partition coefficient (Wildman–Crippen LogP) is 3.16. The van der Waals surface area contributed by atoms with Gasteiger partial charge in [0, 0.05) is 31.3 Å². The third-order valence-corrected chi connectivity index (χ3v) is 2.80. The van der Waals surface area contributed by atoms with Crippen LogP contribution in [0.1, 0.15) is 11.1 Å². The summed E-state index contributed by atoms with van der Waals surface area (Å²) in [6, 6.07) is 15.9. The maximum absolute atomic E-state index is 5.25. The quantitative estimate of drug-likeness (QED) is 0.760. The standard InChI is InChI=1S/C17H17NO/c1-18(2)17-13-16(19-3)12-11-15(17)10-9-14-7-5-4-6-8-14/h4-8,11-13H,1-3H3. The Bertz CT molecular complexity index is 606. The minimum atomic E-state index is 0.842. The summed E-state index contributed by atoms with van der Waals surface area (Å²) < 4.78 is 5.25. The molecule has 0 heterocycles. The molecular weight excluding hydrogens is 234 g/mol. The Morgan fingerprint density at radius 2 is 1.68 bits per heavy atom. The number of benzene rings is 2. The Labute approximate surface area is 114 Å². The van der Waals surface area contributed by atoms with Gasteiger partial charge < -0.3 is 9.64 Å². The number of nitrogens with zero attached hydrogens (tertiary/aromatic N) is 1. The molecule has 0 radical (unpaired) electrons. The summed E-state index contributed by atoms with van der Waals surface area (Å²) in [6.07, 6.45) is 0. The molecule has 0 bridgehead atoms. The number of anilines is 1. The Morgan fingerprint density at radius 3 is 2.32 bits per heavy atom. The second-order valence-electron chi connectivity index (χ2n) is 4.39. The summed E-state index contributed by atoms with van der Waals surface area (Å²) in [4.78, 5) is 2.04. The van der Waals surface area contributed by atoms with Crippen LogP contribution in [0.25, 0.3) is 0 Å². The number of hydrogen-bond acceptors (Lipinski definition) is 2. The summed E-state index contributed by atoms with van der Waals surface area (Å²) in [5.41, 5.74) is 3.07. The third kappa shape index (κ3) is 3.29. The van der Waals surface area contributed by atoms with E-state index in [2.05, 4.69) is 11.8 Å². The van der Waals surface area contributed by atoms with Gasteiger partial charge in [-0.3, -0.25) is 0 Å². The normalized spacial score (nSPS) is 9.42. The van der Waals surface area contributed by atoms with Crippen LogP contribution in [-0.4, -0.2) is 21.2 Å². The van der Waals surface area contributed by atoms with Crippen molar-refractivity contribution in [2.45, 2.75) is 0 Å². The first-order valence-corrected chi connectivity index (χ1v) is 6.13. The zero-order valence-electron chi connectivity index (χ0n) is 11.5. The van der Waals surface area contributed by atoms with Crippen LogP contribution in [0.2, 0.25) is 0 Å². The van der Waals surface area contributed by atoms with E-state index in [4.69, 9.17) is 4.74 Å². The largest absolute Gasteiger partial charge is 0.497 e. The number of methoxy groups -OCH3 is 1. The molecule has 19 heavy (non-hydrogen) atoms. The van der Waals surface area contributed by atoms with E-state index < -0.39 is 0 Å². The molecular formula is C17H17NO. The lowest BCUT2D eigenvalue weighted by atomic mass is 10.1. The van der Waals surface area contributed by atoms with Gasteiger partial charge in [-0.05, 0) is 24.3 Å². The molecule has 2 aromatic carbocycles. The van der Waals surface area contributed by atoms with E-state index in [0.717, 1.165) is 22.6 Å². The van der Waals surface area contributed by atoms with Gasteiger partial charge in [0.05, 0.1) is 12.8 Å². The molecule has 2 aromatic rings. The van der Waals surface area contributed by atoms with Crippen LogP contribution in [0, 0.1) is 11.8 Å². The first-order valence-electron chi connectivity index (χ1n) is 6.13. The number of hydrogen-bond donors (Lipinski definition) is 0. The molecule has 0 spiro atoms. The van der Waals surface area contributed by atoms with E-state index in [0.29, 0.717) is 0 Å². The second-order valence-corrected chi connectivity index (χ2v) is 4.39. The molecule has 0 aliphatic carbocycles. The summed E-state index contributed by atoms with van der Waals surface area (Å²) in [7, 11) is 5.68. The molecule has 2 rings (SSSR count). The van der Waals surface area contributed by atoms with Gasteiger partial charge in [0.2, 0.25) is 0 Å². The summed E-state index contributed by atoms with van der Waals surface area (Å²) >= 11 is 0. The zero-order valence-corrected chi connectivity index (χ0v) is 11.5. The maximum Gasteiger partial charge on any atom is 0.121 e. The molecule has 0 atom stereocenters. The first-order chi connectivity index (χ1) is 9.20. The van der Waals surface area contributed by atoms with Crippen molar-refractivity contribution in [3.05, 3.63) is 59.7 Å². The third-order valence-electron chi connectivity index (χ3n) is 2.80. The summed E-state index contributed by atoms with van der Waals surface area (Å²) in [6.45, 7) is 0. The maximum atomic E-state index is 5.25. The van der Waals surface area contributed by atoms with Crippen molar-refractivity contribution in [2.75, 3.05) is 26.1 Å². The molecule has 0 saturated heterocycles. The monoisotopic (exact) mass is 251 g/mol. The van der Waals surface area contributed by atoms with Gasteiger partial charge in [-0.1, -0.05) is 30.0 Å². The van der Waals surface area contributed by atoms with Crippen LogP contribution in [0.5, 0.6) is 5.75 Å². The molecule has 0 amide bonds. The first kappa shape index (κ1) is 13.0. The molecule has 96 valence electrons. The van der Waals surface area contributed by atoms with Crippen LogP contribution in [-0.2, 0) is 0 Å². The highest BCUT2D eigenvalue weighted by atomic mass is 16.5. The molecule has 0 fully saturated rings.